The lowest BCUT2D eigenvalue weighted by molar-refractivity contribution is -0.120. The van der Waals surface area contributed by atoms with Gasteiger partial charge < -0.3 is 10.6 Å². The minimum absolute atomic E-state index is 0.172. The van der Waals surface area contributed by atoms with Crippen molar-refractivity contribution in [1.29, 1.82) is 0 Å². The van der Waals surface area contributed by atoms with Crippen LogP contribution < -0.4 is 10.6 Å². The van der Waals surface area contributed by atoms with Gasteiger partial charge in [0.05, 0.1) is 12.1 Å². The number of hydrogen-bond acceptors (Lipinski definition) is 4. The van der Waals surface area contributed by atoms with E-state index in [2.05, 4.69) is 15.1 Å². The number of carbonyl (C=O) groups excluding carboxylic acids is 1. The molecule has 3 rings (SSSR count). The predicted octanol–water partition coefficient (Wildman–Crippen LogP) is -0.115. The molecule has 2 atom stereocenters. The average Bonchev–Trinajstić information content (AvgIpc) is 2.63. The van der Waals surface area contributed by atoms with Crippen molar-refractivity contribution in [3.05, 3.63) is 17.8 Å². The molecule has 2 unspecified atom stereocenters. The molecule has 5 heteroatoms. The van der Waals surface area contributed by atoms with E-state index < -0.39 is 0 Å². The molecule has 1 fully saturated rings. The molecule has 0 aromatic carbocycles. The van der Waals surface area contributed by atoms with Gasteiger partial charge in [0, 0.05) is 18.7 Å². The maximum Gasteiger partial charge on any atom is 0.225 e. The van der Waals surface area contributed by atoms with E-state index in [1.54, 1.807) is 6.20 Å². The van der Waals surface area contributed by atoms with Gasteiger partial charge in [-0.15, -0.1) is 5.10 Å². The Balaban J connectivity index is 2.15. The van der Waals surface area contributed by atoms with E-state index >= 15 is 0 Å². The smallest absolute Gasteiger partial charge is 0.225 e. The van der Waals surface area contributed by atoms with Gasteiger partial charge >= 0.3 is 0 Å². The third-order valence-corrected chi connectivity index (χ3v) is 3.37. The maximum atomic E-state index is 11.5. The summed E-state index contributed by atoms with van der Waals surface area (Å²) in [7, 11) is 0. The largest absolute Gasteiger partial charge is 0.369 e. The van der Waals surface area contributed by atoms with Gasteiger partial charge in [0.2, 0.25) is 5.91 Å². The first kappa shape index (κ1) is 8.64. The Kier molecular flexibility index (Phi) is 1.68. The van der Waals surface area contributed by atoms with Crippen LogP contribution in [-0.4, -0.2) is 29.2 Å². The van der Waals surface area contributed by atoms with Gasteiger partial charge in [-0.1, -0.05) is 0 Å². The first-order valence-corrected chi connectivity index (χ1v) is 5.13. The second-order valence-electron chi connectivity index (χ2n) is 4.18. The fraction of sp³-hybridized carbons (Fsp3) is 0.500. The van der Waals surface area contributed by atoms with Gasteiger partial charge in [-0.25, -0.2) is 0 Å². The molecular formula is C10H12N4O. The molecule has 0 spiro atoms. The van der Waals surface area contributed by atoms with E-state index in [1.807, 2.05) is 6.07 Å². The summed E-state index contributed by atoms with van der Waals surface area (Å²) < 4.78 is 0. The van der Waals surface area contributed by atoms with Crippen LogP contribution in [0.25, 0.3) is 0 Å². The van der Waals surface area contributed by atoms with Gasteiger partial charge in [0.25, 0.3) is 0 Å². The quantitative estimate of drug-likeness (QED) is 0.692. The molecule has 2 bridgehead atoms. The van der Waals surface area contributed by atoms with Gasteiger partial charge in [-0.3, -0.25) is 4.79 Å². The Labute approximate surface area is 87.3 Å². The summed E-state index contributed by atoms with van der Waals surface area (Å²) in [6.07, 6.45) is 2.64. The van der Waals surface area contributed by atoms with Gasteiger partial charge in [-0.2, -0.15) is 5.10 Å². The molecule has 1 aromatic rings. The Bertz CT molecular complexity index is 420. The van der Waals surface area contributed by atoms with Crippen LogP contribution in [0.4, 0.5) is 5.82 Å². The summed E-state index contributed by atoms with van der Waals surface area (Å²) in [5.74, 6) is 0.791. The van der Waals surface area contributed by atoms with Crippen LogP contribution in [0.2, 0.25) is 0 Å². The number of rotatable bonds is 1. The Hall–Kier alpha value is -1.65. The second-order valence-corrected chi connectivity index (χ2v) is 4.18. The fourth-order valence-corrected chi connectivity index (χ4v) is 2.71. The van der Waals surface area contributed by atoms with E-state index in [9.17, 15) is 4.79 Å². The van der Waals surface area contributed by atoms with Gasteiger partial charge in [0.15, 0.2) is 5.82 Å². The summed E-state index contributed by atoms with van der Waals surface area (Å²) in [6.45, 7) is 1.85. The zero-order valence-electron chi connectivity index (χ0n) is 8.26. The Morgan fingerprint density at radius 2 is 2.47 bits per heavy atom. The predicted molar refractivity (Wildman–Crippen MR) is 54.3 cm³/mol. The lowest BCUT2D eigenvalue weighted by Crippen LogP contribution is -2.36. The van der Waals surface area contributed by atoms with Gasteiger partial charge in [-0.05, 0) is 18.4 Å². The molecule has 3 heterocycles. The number of fused-ring (bicyclic) bond motifs is 4. The van der Waals surface area contributed by atoms with Crippen LogP contribution >= 0.6 is 0 Å². The minimum Gasteiger partial charge on any atom is -0.369 e. The molecule has 0 saturated carbocycles. The highest BCUT2D eigenvalue weighted by atomic mass is 16.1. The van der Waals surface area contributed by atoms with Crippen LogP contribution in [0.15, 0.2) is 12.3 Å². The van der Waals surface area contributed by atoms with E-state index in [-0.39, 0.29) is 11.8 Å². The molecular weight excluding hydrogens is 192 g/mol. The number of hydrogen-bond donors (Lipinski definition) is 1. The van der Waals surface area contributed by atoms with E-state index in [0.717, 1.165) is 30.9 Å². The number of nitrogens with zero attached hydrogens (tertiary/aromatic N) is 3. The van der Waals surface area contributed by atoms with Crippen molar-refractivity contribution in [2.24, 2.45) is 11.7 Å². The van der Waals surface area contributed by atoms with Crippen LogP contribution in [0.3, 0.4) is 0 Å². The third-order valence-electron chi connectivity index (χ3n) is 3.37. The van der Waals surface area contributed by atoms with Gasteiger partial charge in [0.1, 0.15) is 0 Å². The standard InChI is InChI=1S/C10H12N4O/c11-9(15)8-6-2-4-14(5-6)10-7(8)1-3-12-13-10/h1,3,6,8H,2,4-5H2,(H2,11,15). The summed E-state index contributed by atoms with van der Waals surface area (Å²) in [5, 5.41) is 7.96. The van der Waals surface area contributed by atoms with Crippen molar-refractivity contribution in [2.75, 3.05) is 18.0 Å². The molecule has 2 N–H and O–H groups in total. The van der Waals surface area contributed by atoms with Crippen molar-refractivity contribution < 1.29 is 4.79 Å². The van der Waals surface area contributed by atoms with Crippen molar-refractivity contribution in [3.8, 4) is 0 Å². The molecule has 0 aliphatic carbocycles. The Morgan fingerprint density at radius 3 is 3.27 bits per heavy atom. The first-order valence-electron chi connectivity index (χ1n) is 5.13. The lowest BCUT2D eigenvalue weighted by Gasteiger charge is -2.30. The number of aromatic nitrogens is 2. The number of primary amides is 1. The van der Waals surface area contributed by atoms with Crippen molar-refractivity contribution in [1.82, 2.24) is 10.2 Å². The van der Waals surface area contributed by atoms with Crippen LogP contribution in [0.5, 0.6) is 0 Å². The number of anilines is 1. The molecule has 15 heavy (non-hydrogen) atoms. The SMILES string of the molecule is NC(=O)C1c2ccnnc2N2CCC1C2. The fourth-order valence-electron chi connectivity index (χ4n) is 2.71. The molecule has 1 amide bonds. The monoisotopic (exact) mass is 204 g/mol. The molecule has 2 aliphatic rings. The minimum atomic E-state index is -0.240. The summed E-state index contributed by atoms with van der Waals surface area (Å²) in [5.41, 5.74) is 6.41. The van der Waals surface area contributed by atoms with Crippen molar-refractivity contribution >= 4 is 11.7 Å². The molecule has 5 nitrogen and oxygen atoms in total. The first-order chi connectivity index (χ1) is 7.27. The number of carbonyl (C=O) groups is 1. The summed E-state index contributed by atoms with van der Waals surface area (Å²) >= 11 is 0. The molecule has 1 aromatic heterocycles. The highest BCUT2D eigenvalue weighted by Gasteiger charge is 2.41. The Morgan fingerprint density at radius 1 is 1.60 bits per heavy atom. The highest BCUT2D eigenvalue weighted by molar-refractivity contribution is 5.85. The normalized spacial score (nSPS) is 27.6. The van der Waals surface area contributed by atoms with Crippen molar-refractivity contribution in [2.45, 2.75) is 12.3 Å². The molecule has 2 aliphatic heterocycles. The van der Waals surface area contributed by atoms with E-state index in [0.29, 0.717) is 5.92 Å². The number of amides is 1. The lowest BCUT2D eigenvalue weighted by atomic mass is 9.84. The number of nitrogens with two attached hydrogens (primary N) is 1. The molecule has 1 saturated heterocycles. The zero-order chi connectivity index (χ0) is 10.4. The van der Waals surface area contributed by atoms with Crippen LogP contribution in [-0.2, 0) is 4.79 Å². The molecule has 0 radical (unpaired) electrons. The van der Waals surface area contributed by atoms with E-state index in [1.165, 1.54) is 0 Å². The maximum absolute atomic E-state index is 11.5. The summed E-state index contributed by atoms with van der Waals surface area (Å²) in [4.78, 5) is 13.6. The topological polar surface area (TPSA) is 72.1 Å². The van der Waals surface area contributed by atoms with Crippen LogP contribution in [0.1, 0.15) is 17.9 Å². The summed E-state index contributed by atoms with van der Waals surface area (Å²) in [6, 6.07) is 1.86. The average molecular weight is 204 g/mol. The second kappa shape index (κ2) is 2.92. The highest BCUT2D eigenvalue weighted by Crippen LogP contribution is 2.42. The molecule has 78 valence electrons. The van der Waals surface area contributed by atoms with Crippen molar-refractivity contribution in [3.63, 3.8) is 0 Å². The third kappa shape index (κ3) is 1.12. The van der Waals surface area contributed by atoms with Crippen LogP contribution in [0, 0.1) is 5.92 Å². The zero-order valence-corrected chi connectivity index (χ0v) is 8.26. The van der Waals surface area contributed by atoms with E-state index in [4.69, 9.17) is 5.73 Å².